The number of amides is 1. The second-order valence-electron chi connectivity index (χ2n) is 5.55. The third-order valence-electron chi connectivity index (χ3n) is 3.35. The summed E-state index contributed by atoms with van der Waals surface area (Å²) >= 11 is 0. The Labute approximate surface area is 132 Å². The van der Waals surface area contributed by atoms with Crippen molar-refractivity contribution < 1.29 is 27.9 Å². The third-order valence-corrected chi connectivity index (χ3v) is 3.35. The van der Waals surface area contributed by atoms with E-state index in [1.807, 2.05) is 0 Å². The molecule has 23 heavy (non-hydrogen) atoms. The number of aryl methyl sites for hydroxylation is 1. The van der Waals surface area contributed by atoms with Gasteiger partial charge in [-0.25, -0.2) is 0 Å². The van der Waals surface area contributed by atoms with Gasteiger partial charge in [-0.3, -0.25) is 9.59 Å². The van der Waals surface area contributed by atoms with Crippen LogP contribution in [-0.2, 0) is 11.2 Å². The van der Waals surface area contributed by atoms with Crippen LogP contribution in [0.15, 0.2) is 24.3 Å². The molecule has 0 unspecified atom stereocenters. The first-order valence-corrected chi connectivity index (χ1v) is 7.28. The lowest BCUT2D eigenvalue weighted by Crippen LogP contribution is -2.38. The highest BCUT2D eigenvalue weighted by Gasteiger charge is 2.26. The predicted molar refractivity (Wildman–Crippen MR) is 79.2 cm³/mol. The van der Waals surface area contributed by atoms with Crippen molar-refractivity contribution in [3.05, 3.63) is 35.4 Å². The molecule has 0 radical (unpaired) electrons. The molecule has 0 aliphatic rings. The van der Waals surface area contributed by atoms with Crippen LogP contribution in [0.2, 0.25) is 0 Å². The summed E-state index contributed by atoms with van der Waals surface area (Å²) in [7, 11) is 0. The fourth-order valence-electron chi connectivity index (χ4n) is 2.08. The Kier molecular flexibility index (Phi) is 6.60. The Morgan fingerprint density at radius 3 is 2.17 bits per heavy atom. The zero-order chi connectivity index (χ0) is 17.6. The van der Waals surface area contributed by atoms with E-state index >= 15 is 0 Å². The van der Waals surface area contributed by atoms with Crippen molar-refractivity contribution in [2.45, 2.75) is 45.3 Å². The number of halogens is 3. The molecule has 0 heterocycles. The molecule has 0 saturated carbocycles. The van der Waals surface area contributed by atoms with E-state index in [1.54, 1.807) is 13.8 Å². The first-order chi connectivity index (χ1) is 10.6. The summed E-state index contributed by atoms with van der Waals surface area (Å²) in [6.45, 7) is 3.64. The smallest absolute Gasteiger partial charge is 0.389 e. The first kappa shape index (κ1) is 19.0. The van der Waals surface area contributed by atoms with Gasteiger partial charge < -0.3 is 10.0 Å². The number of hydrogen-bond acceptors (Lipinski definition) is 2. The number of carboxylic acids is 1. The molecule has 128 valence electrons. The lowest BCUT2D eigenvalue weighted by Gasteiger charge is -2.26. The second-order valence-corrected chi connectivity index (χ2v) is 5.55. The Morgan fingerprint density at radius 1 is 1.17 bits per heavy atom. The second kappa shape index (κ2) is 7.99. The molecular formula is C16H20F3NO3. The number of carbonyl (C=O) groups is 2. The van der Waals surface area contributed by atoms with Crippen LogP contribution in [0, 0.1) is 0 Å². The van der Waals surface area contributed by atoms with Gasteiger partial charge in [0.1, 0.15) is 0 Å². The van der Waals surface area contributed by atoms with Gasteiger partial charge in [-0.1, -0.05) is 12.1 Å². The molecule has 4 nitrogen and oxygen atoms in total. The first-order valence-electron chi connectivity index (χ1n) is 7.28. The summed E-state index contributed by atoms with van der Waals surface area (Å²) in [5, 5.41) is 8.73. The quantitative estimate of drug-likeness (QED) is 0.832. The van der Waals surface area contributed by atoms with E-state index in [0.717, 1.165) is 0 Å². The molecule has 1 rings (SSSR count). The molecule has 0 aliphatic heterocycles. The van der Waals surface area contributed by atoms with Crippen molar-refractivity contribution in [3.63, 3.8) is 0 Å². The van der Waals surface area contributed by atoms with Crippen LogP contribution in [0.4, 0.5) is 13.2 Å². The number of alkyl halides is 3. The summed E-state index contributed by atoms with van der Waals surface area (Å²) in [5.41, 5.74) is 0.834. The minimum atomic E-state index is -4.21. The highest BCUT2D eigenvalue weighted by molar-refractivity contribution is 5.94. The van der Waals surface area contributed by atoms with E-state index in [4.69, 9.17) is 5.11 Å². The zero-order valence-electron chi connectivity index (χ0n) is 13.1. The van der Waals surface area contributed by atoms with Gasteiger partial charge in [0.05, 0.1) is 6.42 Å². The van der Waals surface area contributed by atoms with E-state index in [-0.39, 0.29) is 31.3 Å². The van der Waals surface area contributed by atoms with Gasteiger partial charge in [0.25, 0.3) is 5.91 Å². The van der Waals surface area contributed by atoms with Crippen LogP contribution in [0.5, 0.6) is 0 Å². The largest absolute Gasteiger partial charge is 0.481 e. The maximum absolute atomic E-state index is 12.4. The van der Waals surface area contributed by atoms with E-state index < -0.39 is 18.6 Å². The van der Waals surface area contributed by atoms with Crippen molar-refractivity contribution in [1.29, 1.82) is 0 Å². The monoisotopic (exact) mass is 331 g/mol. The van der Waals surface area contributed by atoms with E-state index in [0.29, 0.717) is 11.1 Å². The van der Waals surface area contributed by atoms with Crippen LogP contribution >= 0.6 is 0 Å². The molecule has 0 atom stereocenters. The molecule has 1 N–H and O–H groups in total. The van der Waals surface area contributed by atoms with Crippen molar-refractivity contribution in [3.8, 4) is 0 Å². The molecular weight excluding hydrogens is 311 g/mol. The standard InChI is InChI=1S/C16H20F3NO3/c1-11(2)20(10-8-14(21)22)15(23)13-5-3-12(4-6-13)7-9-16(17,18)19/h3-6,11H,7-10H2,1-2H3,(H,21,22). The normalized spacial score (nSPS) is 11.6. The summed E-state index contributed by atoms with van der Waals surface area (Å²) in [4.78, 5) is 24.5. The Hall–Kier alpha value is -2.05. The summed E-state index contributed by atoms with van der Waals surface area (Å²) < 4.78 is 36.6. The zero-order valence-corrected chi connectivity index (χ0v) is 13.1. The summed E-state index contributed by atoms with van der Waals surface area (Å²) in [6.07, 6.45) is -5.41. The third kappa shape index (κ3) is 6.71. The fraction of sp³-hybridized carbons (Fsp3) is 0.500. The summed E-state index contributed by atoms with van der Waals surface area (Å²) in [5.74, 6) is -1.32. The number of rotatable bonds is 7. The van der Waals surface area contributed by atoms with Crippen LogP contribution < -0.4 is 0 Å². The van der Waals surface area contributed by atoms with Crippen LogP contribution in [0.3, 0.4) is 0 Å². The number of nitrogens with zero attached hydrogens (tertiary/aromatic N) is 1. The topological polar surface area (TPSA) is 57.6 Å². The number of aliphatic carboxylic acids is 1. The maximum atomic E-state index is 12.4. The van der Waals surface area contributed by atoms with Gasteiger partial charge >= 0.3 is 12.1 Å². The number of carbonyl (C=O) groups excluding carboxylic acids is 1. The molecule has 0 fully saturated rings. The van der Waals surface area contributed by atoms with Gasteiger partial charge in [-0.05, 0) is 38.0 Å². The predicted octanol–water partition coefficient (Wildman–Crippen LogP) is 3.51. The maximum Gasteiger partial charge on any atom is 0.389 e. The van der Waals surface area contributed by atoms with Gasteiger partial charge in [-0.15, -0.1) is 0 Å². The molecule has 0 aliphatic carbocycles. The Bertz CT molecular complexity index is 538. The molecule has 0 aromatic heterocycles. The SMILES string of the molecule is CC(C)N(CCC(=O)O)C(=O)c1ccc(CCC(F)(F)F)cc1. The molecule has 1 aromatic carbocycles. The minimum Gasteiger partial charge on any atom is -0.481 e. The van der Waals surface area contributed by atoms with E-state index in [9.17, 15) is 22.8 Å². The van der Waals surface area contributed by atoms with Gasteiger partial charge in [0, 0.05) is 24.6 Å². The van der Waals surface area contributed by atoms with Crippen LogP contribution in [0.1, 0.15) is 42.6 Å². The lowest BCUT2D eigenvalue weighted by atomic mass is 10.1. The van der Waals surface area contributed by atoms with Gasteiger partial charge in [0.15, 0.2) is 0 Å². The summed E-state index contributed by atoms with van der Waals surface area (Å²) in [6, 6.07) is 5.77. The van der Waals surface area contributed by atoms with Crippen LogP contribution in [0.25, 0.3) is 0 Å². The van der Waals surface area contributed by atoms with E-state index in [2.05, 4.69) is 0 Å². The van der Waals surface area contributed by atoms with Gasteiger partial charge in [0.2, 0.25) is 0 Å². The highest BCUT2D eigenvalue weighted by atomic mass is 19.4. The van der Waals surface area contributed by atoms with Crippen molar-refractivity contribution in [1.82, 2.24) is 4.90 Å². The Balaban J connectivity index is 2.76. The van der Waals surface area contributed by atoms with Crippen molar-refractivity contribution in [2.24, 2.45) is 0 Å². The lowest BCUT2D eigenvalue weighted by molar-refractivity contribution is -0.137. The number of benzene rings is 1. The average molecular weight is 331 g/mol. The molecule has 7 heteroatoms. The van der Waals surface area contributed by atoms with Gasteiger partial charge in [-0.2, -0.15) is 13.2 Å². The minimum absolute atomic E-state index is 0.0850. The van der Waals surface area contributed by atoms with Crippen LogP contribution in [-0.4, -0.2) is 40.6 Å². The molecule has 0 spiro atoms. The molecule has 1 aromatic rings. The Morgan fingerprint density at radius 2 is 1.74 bits per heavy atom. The fourth-order valence-corrected chi connectivity index (χ4v) is 2.08. The average Bonchev–Trinajstić information content (AvgIpc) is 2.44. The van der Waals surface area contributed by atoms with Crippen molar-refractivity contribution in [2.75, 3.05) is 6.54 Å². The molecule has 1 amide bonds. The van der Waals surface area contributed by atoms with Crippen molar-refractivity contribution >= 4 is 11.9 Å². The number of carboxylic acid groups (broad SMARTS) is 1. The van der Waals surface area contributed by atoms with E-state index in [1.165, 1.54) is 29.2 Å². The molecule has 0 bridgehead atoms. The highest BCUT2D eigenvalue weighted by Crippen LogP contribution is 2.22. The number of hydrogen-bond donors (Lipinski definition) is 1. The molecule has 0 saturated heterocycles.